The van der Waals surface area contributed by atoms with E-state index < -0.39 is 6.10 Å². The van der Waals surface area contributed by atoms with Crippen LogP contribution in [-0.2, 0) is 9.53 Å². The molecule has 5 heteroatoms. The van der Waals surface area contributed by atoms with E-state index in [1.54, 1.807) is 6.92 Å². The van der Waals surface area contributed by atoms with Crippen molar-refractivity contribution in [2.75, 3.05) is 32.1 Å². The molecule has 1 unspecified atom stereocenters. The monoisotopic (exact) mass is 281 g/mol. The molecule has 1 aliphatic heterocycles. The lowest BCUT2D eigenvalue weighted by Gasteiger charge is -2.26. The van der Waals surface area contributed by atoms with E-state index in [0.29, 0.717) is 32.1 Å². The van der Waals surface area contributed by atoms with E-state index in [9.17, 15) is 9.90 Å². The highest BCUT2D eigenvalue weighted by Crippen LogP contribution is 2.21. The van der Waals surface area contributed by atoms with Gasteiger partial charge in [-0.15, -0.1) is 11.8 Å². The molecule has 1 heterocycles. The van der Waals surface area contributed by atoms with Gasteiger partial charge in [0.05, 0.1) is 25.1 Å². The summed E-state index contributed by atoms with van der Waals surface area (Å²) in [5, 5.41) is 9.42. The Labute approximate surface area is 117 Å². The van der Waals surface area contributed by atoms with Gasteiger partial charge in [-0.05, 0) is 24.6 Å². The molecule has 1 atom stereocenters. The molecular weight excluding hydrogens is 262 g/mol. The smallest absolute Gasteiger partial charge is 0.233 e. The summed E-state index contributed by atoms with van der Waals surface area (Å²) in [5.41, 5.74) is 0.892. The Morgan fingerprint density at radius 3 is 2.58 bits per heavy atom. The summed E-state index contributed by atoms with van der Waals surface area (Å²) in [5.74, 6) is 0.613. The van der Waals surface area contributed by atoms with Crippen molar-refractivity contribution < 1.29 is 14.6 Å². The van der Waals surface area contributed by atoms with E-state index in [1.165, 1.54) is 11.8 Å². The molecule has 0 aliphatic carbocycles. The molecule has 1 aromatic rings. The van der Waals surface area contributed by atoms with Crippen molar-refractivity contribution in [2.24, 2.45) is 0 Å². The van der Waals surface area contributed by atoms with Gasteiger partial charge in [0.2, 0.25) is 5.91 Å². The normalized spacial score (nSPS) is 17.3. The van der Waals surface area contributed by atoms with E-state index in [4.69, 9.17) is 4.74 Å². The van der Waals surface area contributed by atoms with Crippen molar-refractivity contribution in [1.29, 1.82) is 0 Å². The zero-order chi connectivity index (χ0) is 13.7. The number of hydrogen-bond donors (Lipinski definition) is 1. The maximum absolute atomic E-state index is 12.0. The molecule has 1 saturated heterocycles. The first kappa shape index (κ1) is 14.4. The summed E-state index contributed by atoms with van der Waals surface area (Å²) in [7, 11) is 0. The summed E-state index contributed by atoms with van der Waals surface area (Å²) < 4.78 is 5.22. The molecule has 1 aliphatic rings. The highest BCUT2D eigenvalue weighted by molar-refractivity contribution is 8.00. The van der Waals surface area contributed by atoms with Crippen LogP contribution in [0.15, 0.2) is 29.2 Å². The Morgan fingerprint density at radius 2 is 2.00 bits per heavy atom. The van der Waals surface area contributed by atoms with Gasteiger partial charge in [-0.25, -0.2) is 0 Å². The van der Waals surface area contributed by atoms with Crippen LogP contribution in [0.4, 0.5) is 0 Å². The first-order valence-electron chi connectivity index (χ1n) is 6.43. The van der Waals surface area contributed by atoms with Gasteiger partial charge in [-0.2, -0.15) is 0 Å². The molecular formula is C14H19NO3S. The minimum Gasteiger partial charge on any atom is -0.389 e. The van der Waals surface area contributed by atoms with Gasteiger partial charge in [-0.3, -0.25) is 4.79 Å². The predicted octanol–water partition coefficient (Wildman–Crippen LogP) is 1.69. The number of hydrogen-bond acceptors (Lipinski definition) is 4. The average Bonchev–Trinajstić information content (AvgIpc) is 2.46. The number of thioether (sulfide) groups is 1. The molecule has 19 heavy (non-hydrogen) atoms. The standard InChI is InChI=1S/C14H19NO3S/c1-11(16)12-2-4-13(5-3-12)19-10-14(17)15-6-8-18-9-7-15/h2-5,11,16H,6-10H2,1H3. The Kier molecular flexibility index (Phi) is 5.24. The van der Waals surface area contributed by atoms with Crippen LogP contribution >= 0.6 is 11.8 Å². The van der Waals surface area contributed by atoms with Crippen LogP contribution in [0.3, 0.4) is 0 Å². The fourth-order valence-electron chi connectivity index (χ4n) is 1.89. The van der Waals surface area contributed by atoms with E-state index in [2.05, 4.69) is 0 Å². The van der Waals surface area contributed by atoms with Crippen molar-refractivity contribution in [3.05, 3.63) is 29.8 Å². The van der Waals surface area contributed by atoms with Crippen LogP contribution in [0.5, 0.6) is 0 Å². The summed E-state index contributed by atoms with van der Waals surface area (Å²) in [4.78, 5) is 14.9. The number of nitrogens with zero attached hydrogens (tertiary/aromatic N) is 1. The fourth-order valence-corrected chi connectivity index (χ4v) is 2.69. The number of benzene rings is 1. The summed E-state index contributed by atoms with van der Waals surface area (Å²) in [6.45, 7) is 4.41. The average molecular weight is 281 g/mol. The van der Waals surface area contributed by atoms with Crippen LogP contribution in [0.25, 0.3) is 0 Å². The van der Waals surface area contributed by atoms with Crippen molar-refractivity contribution >= 4 is 17.7 Å². The largest absolute Gasteiger partial charge is 0.389 e. The molecule has 0 bridgehead atoms. The second kappa shape index (κ2) is 6.93. The first-order chi connectivity index (χ1) is 9.16. The van der Waals surface area contributed by atoms with Gasteiger partial charge in [-0.1, -0.05) is 12.1 Å². The molecule has 4 nitrogen and oxygen atoms in total. The number of carbonyl (C=O) groups is 1. The lowest BCUT2D eigenvalue weighted by Crippen LogP contribution is -2.41. The van der Waals surface area contributed by atoms with Crippen LogP contribution < -0.4 is 0 Å². The highest BCUT2D eigenvalue weighted by Gasteiger charge is 2.16. The summed E-state index contributed by atoms with van der Waals surface area (Å²) >= 11 is 1.53. The van der Waals surface area contributed by atoms with Crippen molar-refractivity contribution in [2.45, 2.75) is 17.9 Å². The van der Waals surface area contributed by atoms with E-state index in [-0.39, 0.29) is 5.91 Å². The van der Waals surface area contributed by atoms with Gasteiger partial charge in [0, 0.05) is 18.0 Å². The summed E-state index contributed by atoms with van der Waals surface area (Å²) in [6, 6.07) is 7.68. The number of aliphatic hydroxyl groups excluding tert-OH is 1. The molecule has 1 amide bonds. The van der Waals surface area contributed by atoms with E-state index in [0.717, 1.165) is 10.5 Å². The minimum absolute atomic E-state index is 0.160. The zero-order valence-electron chi connectivity index (χ0n) is 11.0. The number of ether oxygens (including phenoxy) is 1. The van der Waals surface area contributed by atoms with Crippen LogP contribution in [0.1, 0.15) is 18.6 Å². The predicted molar refractivity (Wildman–Crippen MR) is 75.2 cm³/mol. The lowest BCUT2D eigenvalue weighted by atomic mass is 10.1. The molecule has 0 aromatic heterocycles. The summed E-state index contributed by atoms with van der Waals surface area (Å²) in [6.07, 6.45) is -0.450. The lowest BCUT2D eigenvalue weighted by molar-refractivity contribution is -0.132. The number of morpholine rings is 1. The van der Waals surface area contributed by atoms with Crippen LogP contribution in [0.2, 0.25) is 0 Å². The molecule has 1 N–H and O–H groups in total. The molecule has 104 valence electrons. The number of rotatable bonds is 4. The Hall–Kier alpha value is -1.04. The molecule has 0 spiro atoms. The van der Waals surface area contributed by atoms with Gasteiger partial charge < -0.3 is 14.7 Å². The minimum atomic E-state index is -0.450. The Balaban J connectivity index is 1.82. The molecule has 1 aromatic carbocycles. The van der Waals surface area contributed by atoms with Crippen LogP contribution in [-0.4, -0.2) is 48.0 Å². The zero-order valence-corrected chi connectivity index (χ0v) is 11.9. The van der Waals surface area contributed by atoms with Gasteiger partial charge in [0.1, 0.15) is 0 Å². The fraction of sp³-hybridized carbons (Fsp3) is 0.500. The molecule has 2 rings (SSSR count). The second-order valence-corrected chi connectivity index (χ2v) is 5.58. The quantitative estimate of drug-likeness (QED) is 0.853. The Morgan fingerprint density at radius 1 is 1.37 bits per heavy atom. The van der Waals surface area contributed by atoms with Gasteiger partial charge in [0.25, 0.3) is 0 Å². The SMILES string of the molecule is CC(O)c1ccc(SCC(=O)N2CCOCC2)cc1. The first-order valence-corrected chi connectivity index (χ1v) is 7.42. The van der Waals surface area contributed by atoms with Crippen LogP contribution in [0, 0.1) is 0 Å². The maximum atomic E-state index is 12.0. The number of carbonyl (C=O) groups excluding carboxylic acids is 1. The van der Waals surface area contributed by atoms with Crippen molar-refractivity contribution in [3.63, 3.8) is 0 Å². The van der Waals surface area contributed by atoms with Gasteiger partial charge in [0.15, 0.2) is 0 Å². The molecule has 0 radical (unpaired) electrons. The third kappa shape index (κ3) is 4.23. The van der Waals surface area contributed by atoms with Crippen molar-refractivity contribution in [3.8, 4) is 0 Å². The third-order valence-corrected chi connectivity index (χ3v) is 4.09. The van der Waals surface area contributed by atoms with E-state index in [1.807, 2.05) is 29.2 Å². The van der Waals surface area contributed by atoms with Crippen molar-refractivity contribution in [1.82, 2.24) is 4.90 Å². The van der Waals surface area contributed by atoms with Gasteiger partial charge >= 0.3 is 0 Å². The number of aliphatic hydroxyl groups is 1. The molecule has 1 fully saturated rings. The second-order valence-electron chi connectivity index (χ2n) is 4.53. The topological polar surface area (TPSA) is 49.8 Å². The maximum Gasteiger partial charge on any atom is 0.233 e. The highest BCUT2D eigenvalue weighted by atomic mass is 32.2. The Bertz CT molecular complexity index is 413. The molecule has 0 saturated carbocycles. The number of amides is 1. The van der Waals surface area contributed by atoms with E-state index >= 15 is 0 Å². The third-order valence-electron chi connectivity index (χ3n) is 3.09.